The van der Waals surface area contributed by atoms with Gasteiger partial charge in [-0.05, 0) is 26.0 Å². The van der Waals surface area contributed by atoms with Crippen molar-refractivity contribution in [2.75, 3.05) is 26.7 Å². The molecule has 1 rings (SSSR count). The van der Waals surface area contributed by atoms with Crippen LogP contribution in [0.1, 0.15) is 13.3 Å². The maximum Gasteiger partial charge on any atom is 0.249 e. The van der Waals surface area contributed by atoms with Gasteiger partial charge in [0.05, 0.1) is 0 Å². The molecule has 0 bridgehead atoms. The number of nitrogens with two attached hydrogens (primary N) is 1. The fourth-order valence-electron chi connectivity index (χ4n) is 1.78. The molecule has 17 heavy (non-hydrogen) atoms. The lowest BCUT2D eigenvalue weighted by Crippen LogP contribution is -2.37. The summed E-state index contributed by atoms with van der Waals surface area (Å²) in [6.07, 6.45) is 4.49. The molecule has 0 radical (unpaired) electrons. The van der Waals surface area contributed by atoms with E-state index in [1.165, 1.54) is 0 Å². The molecule has 4 nitrogen and oxygen atoms in total. The summed E-state index contributed by atoms with van der Waals surface area (Å²) in [7, 11) is 2.00. The van der Waals surface area contributed by atoms with Crippen LogP contribution < -0.4 is 11.1 Å². The second-order valence-electron chi connectivity index (χ2n) is 4.33. The monoisotopic (exact) mass is 235 g/mol. The zero-order valence-electron chi connectivity index (χ0n) is 10.6. The number of hydrogen-bond donors (Lipinski definition) is 2. The first-order valence-corrected chi connectivity index (χ1v) is 5.79. The van der Waals surface area contributed by atoms with Gasteiger partial charge in [0.2, 0.25) is 5.91 Å². The highest BCUT2D eigenvalue weighted by atomic mass is 16.1. The molecule has 1 heterocycles. The minimum Gasteiger partial charge on any atom is -0.401 e. The van der Waals surface area contributed by atoms with Gasteiger partial charge in [-0.25, -0.2) is 0 Å². The Labute approximate surface area is 103 Å². The van der Waals surface area contributed by atoms with E-state index in [1.54, 1.807) is 0 Å². The molecule has 0 fully saturated rings. The third-order valence-electron chi connectivity index (χ3n) is 2.72. The summed E-state index contributed by atoms with van der Waals surface area (Å²) in [5.74, 6) is -0.0683. The quantitative estimate of drug-likeness (QED) is 0.708. The van der Waals surface area contributed by atoms with Gasteiger partial charge in [-0.15, -0.1) is 0 Å². The smallest absolute Gasteiger partial charge is 0.249 e. The van der Waals surface area contributed by atoms with E-state index in [-0.39, 0.29) is 5.91 Å². The van der Waals surface area contributed by atoms with Gasteiger partial charge < -0.3 is 16.0 Å². The van der Waals surface area contributed by atoms with E-state index >= 15 is 0 Å². The number of rotatable bonds is 4. The molecule has 0 aromatic heterocycles. The third-order valence-corrected chi connectivity index (χ3v) is 2.72. The van der Waals surface area contributed by atoms with Gasteiger partial charge in [-0.3, -0.25) is 4.79 Å². The molecule has 1 aliphatic rings. The van der Waals surface area contributed by atoms with Crippen LogP contribution in [0.5, 0.6) is 0 Å². The summed E-state index contributed by atoms with van der Waals surface area (Å²) >= 11 is 0. The Morgan fingerprint density at radius 2 is 2.35 bits per heavy atom. The van der Waals surface area contributed by atoms with Gasteiger partial charge in [0.1, 0.15) is 0 Å². The lowest BCUT2D eigenvalue weighted by molar-refractivity contribution is -0.117. The van der Waals surface area contributed by atoms with Gasteiger partial charge >= 0.3 is 0 Å². The number of carbonyl (C=O) groups is 1. The summed E-state index contributed by atoms with van der Waals surface area (Å²) in [5, 5.41) is 2.84. The molecule has 0 unspecified atom stereocenters. The summed E-state index contributed by atoms with van der Waals surface area (Å²) in [4.78, 5) is 14.0. The summed E-state index contributed by atoms with van der Waals surface area (Å²) in [6, 6.07) is 0. The number of amides is 1. The predicted octanol–water partition coefficient (Wildman–Crippen LogP) is 0.783. The van der Waals surface area contributed by atoms with Crippen LogP contribution in [0.4, 0.5) is 0 Å². The topological polar surface area (TPSA) is 58.4 Å². The Morgan fingerprint density at radius 3 is 2.94 bits per heavy atom. The van der Waals surface area contributed by atoms with Gasteiger partial charge in [-0.1, -0.05) is 18.7 Å². The molecule has 0 aromatic rings. The van der Waals surface area contributed by atoms with Crippen molar-refractivity contribution in [3.63, 3.8) is 0 Å². The van der Waals surface area contributed by atoms with E-state index in [4.69, 9.17) is 5.73 Å². The van der Waals surface area contributed by atoms with Crippen LogP contribution in [0.2, 0.25) is 0 Å². The number of allylic oxidation sites excluding steroid dienone is 1. The lowest BCUT2D eigenvalue weighted by atomic mass is 10.1. The van der Waals surface area contributed by atoms with Crippen molar-refractivity contribution in [2.45, 2.75) is 13.3 Å². The van der Waals surface area contributed by atoms with Crippen molar-refractivity contribution in [2.24, 2.45) is 5.73 Å². The third kappa shape index (κ3) is 4.07. The van der Waals surface area contributed by atoms with Gasteiger partial charge in [0, 0.05) is 30.9 Å². The molecule has 3 N–H and O–H groups in total. The van der Waals surface area contributed by atoms with Gasteiger partial charge in [0.15, 0.2) is 0 Å². The number of likely N-dealkylation sites (N-methyl/N-ethyl adjacent to an activating group) is 1. The number of nitrogens with zero attached hydrogens (tertiary/aromatic N) is 1. The average molecular weight is 235 g/mol. The first kappa shape index (κ1) is 13.5. The molecule has 1 amide bonds. The van der Waals surface area contributed by atoms with Crippen molar-refractivity contribution < 1.29 is 4.79 Å². The second kappa shape index (κ2) is 6.25. The Kier molecular flexibility index (Phi) is 4.97. The van der Waals surface area contributed by atoms with Gasteiger partial charge in [0.25, 0.3) is 0 Å². The van der Waals surface area contributed by atoms with E-state index in [1.807, 2.05) is 26.1 Å². The Morgan fingerprint density at radius 1 is 1.65 bits per heavy atom. The van der Waals surface area contributed by atoms with E-state index in [2.05, 4.69) is 16.8 Å². The van der Waals surface area contributed by atoms with Gasteiger partial charge in [-0.2, -0.15) is 0 Å². The molecule has 0 aromatic carbocycles. The van der Waals surface area contributed by atoms with Crippen LogP contribution in [0.3, 0.4) is 0 Å². The van der Waals surface area contributed by atoms with Crippen LogP contribution in [0, 0.1) is 0 Å². The van der Waals surface area contributed by atoms with Crippen LogP contribution >= 0.6 is 0 Å². The summed E-state index contributed by atoms with van der Waals surface area (Å²) < 4.78 is 0. The van der Waals surface area contributed by atoms with Crippen LogP contribution in [0.25, 0.3) is 0 Å². The van der Waals surface area contributed by atoms with E-state index in [0.717, 1.165) is 17.7 Å². The summed E-state index contributed by atoms with van der Waals surface area (Å²) in [6.45, 7) is 7.76. The molecule has 0 saturated carbocycles. The molecular formula is C13H21N3O. The number of hydrogen-bond acceptors (Lipinski definition) is 3. The highest BCUT2D eigenvalue weighted by Crippen LogP contribution is 2.13. The van der Waals surface area contributed by atoms with Crippen LogP contribution in [-0.2, 0) is 4.79 Å². The largest absolute Gasteiger partial charge is 0.401 e. The first-order chi connectivity index (χ1) is 8.04. The molecular weight excluding hydrogens is 214 g/mol. The first-order valence-electron chi connectivity index (χ1n) is 5.79. The highest BCUT2D eigenvalue weighted by Gasteiger charge is 2.19. The maximum absolute atomic E-state index is 11.9. The minimum absolute atomic E-state index is 0.0683. The lowest BCUT2D eigenvalue weighted by Gasteiger charge is -2.25. The second-order valence-corrected chi connectivity index (χ2v) is 4.33. The molecule has 4 heteroatoms. The highest BCUT2D eigenvalue weighted by molar-refractivity contribution is 5.94. The number of carbonyl (C=O) groups excluding carboxylic acids is 1. The standard InChI is InChI=1S/C13H21N3O/c1-4-5-10(2)8-15-13(17)11-6-7-16(3)9-12(11)14/h4-5H,2,6-9,14H2,1,3H3,(H,15,17)/b5-4-. The SMILES string of the molecule is C=C(/C=C\C)CNC(=O)C1=C(N)CN(C)CC1. The zero-order chi connectivity index (χ0) is 12.8. The summed E-state index contributed by atoms with van der Waals surface area (Å²) in [5.41, 5.74) is 8.15. The minimum atomic E-state index is -0.0683. The molecule has 1 aliphatic heterocycles. The van der Waals surface area contributed by atoms with Crippen molar-refractivity contribution in [1.29, 1.82) is 0 Å². The molecule has 0 aliphatic carbocycles. The predicted molar refractivity (Wildman–Crippen MR) is 70.3 cm³/mol. The zero-order valence-corrected chi connectivity index (χ0v) is 10.6. The molecule has 0 spiro atoms. The normalized spacial score (nSPS) is 17.5. The molecule has 94 valence electrons. The Hall–Kier alpha value is -1.55. The van der Waals surface area contributed by atoms with Crippen molar-refractivity contribution in [3.05, 3.63) is 35.6 Å². The van der Waals surface area contributed by atoms with Crippen LogP contribution in [-0.4, -0.2) is 37.5 Å². The Balaban J connectivity index is 2.53. The van der Waals surface area contributed by atoms with E-state index in [9.17, 15) is 4.79 Å². The maximum atomic E-state index is 11.9. The van der Waals surface area contributed by atoms with Crippen molar-refractivity contribution in [3.8, 4) is 0 Å². The van der Waals surface area contributed by atoms with Crippen LogP contribution in [0.15, 0.2) is 35.6 Å². The molecule has 0 atom stereocenters. The number of nitrogens with one attached hydrogen (secondary N) is 1. The fraction of sp³-hybridized carbons (Fsp3) is 0.462. The van der Waals surface area contributed by atoms with E-state index < -0.39 is 0 Å². The molecule has 0 saturated heterocycles. The Bertz CT molecular complexity index is 369. The average Bonchev–Trinajstić information content (AvgIpc) is 2.26. The van der Waals surface area contributed by atoms with E-state index in [0.29, 0.717) is 25.2 Å². The van der Waals surface area contributed by atoms with Crippen molar-refractivity contribution >= 4 is 5.91 Å². The van der Waals surface area contributed by atoms with Crippen molar-refractivity contribution in [1.82, 2.24) is 10.2 Å². The fourth-order valence-corrected chi connectivity index (χ4v) is 1.78.